The summed E-state index contributed by atoms with van der Waals surface area (Å²) in [4.78, 5) is 14.9. The molecule has 1 aromatic carbocycles. The molecule has 0 aliphatic carbocycles. The molecular weight excluding hydrogens is 272 g/mol. The van der Waals surface area contributed by atoms with Crippen LogP contribution in [0.2, 0.25) is 0 Å². The lowest BCUT2D eigenvalue weighted by Crippen LogP contribution is -2.24. The predicted octanol–water partition coefficient (Wildman–Crippen LogP) is 3.09. The Bertz CT molecular complexity index is 651. The summed E-state index contributed by atoms with van der Waals surface area (Å²) >= 11 is 1.63. The highest BCUT2D eigenvalue weighted by Crippen LogP contribution is 2.31. The van der Waals surface area contributed by atoms with Crippen molar-refractivity contribution in [2.45, 2.75) is 24.8 Å². The smallest absolute Gasteiger partial charge is 0.352 e. The second kappa shape index (κ2) is 5.34. The molecule has 1 aliphatic rings. The number of fused-ring (bicyclic) bond motifs is 1. The van der Waals surface area contributed by atoms with Crippen molar-refractivity contribution in [3.63, 3.8) is 0 Å². The van der Waals surface area contributed by atoms with Gasteiger partial charge in [0.25, 0.3) is 0 Å². The number of aromatic nitrogens is 1. The molecule has 0 fully saturated rings. The number of aryl methyl sites for hydroxylation is 1. The van der Waals surface area contributed by atoms with Gasteiger partial charge in [-0.05, 0) is 42.5 Å². The fraction of sp³-hybridized carbons (Fsp3) is 0.267. The molecule has 2 N–H and O–H groups in total. The third-order valence-electron chi connectivity index (χ3n) is 3.52. The maximum Gasteiger partial charge on any atom is 0.352 e. The lowest BCUT2D eigenvalue weighted by atomic mass is 10.0. The molecule has 0 spiro atoms. The van der Waals surface area contributed by atoms with Gasteiger partial charge < -0.3 is 10.1 Å². The maximum atomic E-state index is 11.0. The predicted molar refractivity (Wildman–Crippen MR) is 78.9 cm³/mol. The maximum absolute atomic E-state index is 11.0. The van der Waals surface area contributed by atoms with E-state index in [0.717, 1.165) is 30.1 Å². The lowest BCUT2D eigenvalue weighted by molar-refractivity contribution is 0.0691. The quantitative estimate of drug-likeness (QED) is 0.852. The van der Waals surface area contributed by atoms with Crippen LogP contribution in [-0.4, -0.2) is 26.9 Å². The van der Waals surface area contributed by atoms with Gasteiger partial charge in [-0.1, -0.05) is 24.3 Å². The molecule has 104 valence electrons. The van der Waals surface area contributed by atoms with Gasteiger partial charge in [-0.25, -0.2) is 9.10 Å². The van der Waals surface area contributed by atoms with Crippen molar-refractivity contribution in [1.29, 1.82) is 0 Å². The van der Waals surface area contributed by atoms with E-state index >= 15 is 0 Å². The number of aromatic amines is 1. The zero-order chi connectivity index (χ0) is 14.1. The van der Waals surface area contributed by atoms with Crippen LogP contribution in [0.25, 0.3) is 0 Å². The molecule has 1 aromatic heterocycles. The number of H-pyrrole nitrogens is 1. The number of carboxylic acid groups (broad SMARTS) is 1. The van der Waals surface area contributed by atoms with Crippen LogP contribution in [0.3, 0.4) is 0 Å². The summed E-state index contributed by atoms with van der Waals surface area (Å²) in [6.45, 7) is 3.79. The van der Waals surface area contributed by atoms with Gasteiger partial charge in [0.15, 0.2) is 0 Å². The van der Waals surface area contributed by atoms with Crippen LogP contribution in [0.1, 0.15) is 27.3 Å². The third kappa shape index (κ3) is 2.59. The first kappa shape index (κ1) is 13.3. The van der Waals surface area contributed by atoms with Crippen LogP contribution in [0, 0.1) is 6.92 Å². The second-order valence-corrected chi connectivity index (χ2v) is 6.09. The Balaban J connectivity index is 1.75. The first-order chi connectivity index (χ1) is 9.63. The van der Waals surface area contributed by atoms with Crippen LogP contribution in [-0.2, 0) is 13.0 Å². The summed E-state index contributed by atoms with van der Waals surface area (Å²) < 4.78 is 2.28. The van der Waals surface area contributed by atoms with Crippen molar-refractivity contribution in [1.82, 2.24) is 9.29 Å². The number of rotatable bonds is 3. The number of hydrogen-bond donors (Lipinski definition) is 2. The van der Waals surface area contributed by atoms with E-state index in [9.17, 15) is 4.79 Å². The molecule has 2 heterocycles. The number of nitrogens with zero attached hydrogens (tertiary/aromatic N) is 1. The zero-order valence-corrected chi connectivity index (χ0v) is 12.0. The van der Waals surface area contributed by atoms with Crippen molar-refractivity contribution in [3.05, 3.63) is 52.8 Å². The lowest BCUT2D eigenvalue weighted by Gasteiger charge is -2.27. The normalized spacial score (nSPS) is 15.1. The molecule has 0 bridgehead atoms. The van der Waals surface area contributed by atoms with Crippen LogP contribution in [0.15, 0.2) is 35.2 Å². The minimum atomic E-state index is -0.913. The van der Waals surface area contributed by atoms with E-state index < -0.39 is 5.97 Å². The van der Waals surface area contributed by atoms with E-state index in [2.05, 4.69) is 33.6 Å². The minimum Gasteiger partial charge on any atom is -0.477 e. The largest absolute Gasteiger partial charge is 0.477 e. The fourth-order valence-electron chi connectivity index (χ4n) is 2.44. The van der Waals surface area contributed by atoms with Gasteiger partial charge in [-0.15, -0.1) is 0 Å². The molecule has 2 aromatic rings. The van der Waals surface area contributed by atoms with E-state index in [1.165, 1.54) is 11.1 Å². The molecule has 5 heteroatoms. The van der Waals surface area contributed by atoms with Crippen molar-refractivity contribution in [3.8, 4) is 0 Å². The molecule has 0 amide bonds. The summed E-state index contributed by atoms with van der Waals surface area (Å²) in [7, 11) is 0. The first-order valence-electron chi connectivity index (χ1n) is 6.56. The minimum absolute atomic E-state index is 0.252. The summed E-state index contributed by atoms with van der Waals surface area (Å²) in [6, 6.07) is 10.2. The number of benzene rings is 1. The Labute approximate surface area is 121 Å². The van der Waals surface area contributed by atoms with Gasteiger partial charge >= 0.3 is 5.97 Å². The second-order valence-electron chi connectivity index (χ2n) is 4.95. The highest BCUT2D eigenvalue weighted by molar-refractivity contribution is 7.97. The van der Waals surface area contributed by atoms with Crippen molar-refractivity contribution in [2.24, 2.45) is 0 Å². The Morgan fingerprint density at radius 2 is 2.10 bits per heavy atom. The molecule has 3 rings (SSSR count). The Morgan fingerprint density at radius 1 is 1.35 bits per heavy atom. The van der Waals surface area contributed by atoms with Gasteiger partial charge in [0.1, 0.15) is 5.69 Å². The average Bonchev–Trinajstić information content (AvgIpc) is 2.80. The number of carboxylic acids is 1. The SMILES string of the molecule is Cc1[nH]c(C(=O)O)cc1SN1CCc2ccccc2C1. The van der Waals surface area contributed by atoms with Crippen molar-refractivity contribution in [2.75, 3.05) is 6.54 Å². The van der Waals surface area contributed by atoms with Crippen LogP contribution < -0.4 is 0 Å². The molecule has 4 nitrogen and oxygen atoms in total. The third-order valence-corrected chi connectivity index (χ3v) is 4.71. The number of carbonyl (C=O) groups is 1. The van der Waals surface area contributed by atoms with Crippen LogP contribution in [0.4, 0.5) is 0 Å². The molecule has 0 unspecified atom stereocenters. The first-order valence-corrected chi connectivity index (χ1v) is 7.33. The topological polar surface area (TPSA) is 56.3 Å². The molecule has 0 saturated carbocycles. The summed E-state index contributed by atoms with van der Waals surface area (Å²) in [5.74, 6) is -0.913. The number of hydrogen-bond acceptors (Lipinski definition) is 3. The Hall–Kier alpha value is -1.72. The van der Waals surface area contributed by atoms with Gasteiger partial charge in [0.05, 0.1) is 0 Å². The monoisotopic (exact) mass is 288 g/mol. The fourth-order valence-corrected chi connectivity index (χ4v) is 3.46. The Kier molecular flexibility index (Phi) is 3.54. The van der Waals surface area contributed by atoms with Crippen LogP contribution in [0.5, 0.6) is 0 Å². The van der Waals surface area contributed by atoms with Gasteiger partial charge in [0.2, 0.25) is 0 Å². The molecule has 20 heavy (non-hydrogen) atoms. The highest BCUT2D eigenvalue weighted by Gasteiger charge is 2.19. The molecular formula is C15H16N2O2S. The summed E-state index contributed by atoms with van der Waals surface area (Å²) in [5.41, 5.74) is 3.94. The molecule has 0 atom stereocenters. The number of aromatic carboxylic acids is 1. The van der Waals surface area contributed by atoms with Gasteiger partial charge in [-0.2, -0.15) is 0 Å². The van der Waals surface area contributed by atoms with E-state index in [4.69, 9.17) is 5.11 Å². The van der Waals surface area contributed by atoms with Crippen LogP contribution >= 0.6 is 11.9 Å². The summed E-state index contributed by atoms with van der Waals surface area (Å²) in [5, 5.41) is 9.00. The number of nitrogens with one attached hydrogen (secondary N) is 1. The zero-order valence-electron chi connectivity index (χ0n) is 11.2. The van der Waals surface area contributed by atoms with Crippen molar-refractivity contribution < 1.29 is 9.90 Å². The van der Waals surface area contributed by atoms with Gasteiger partial charge in [0, 0.05) is 23.7 Å². The molecule has 0 saturated heterocycles. The molecule has 0 radical (unpaired) electrons. The van der Waals surface area contributed by atoms with E-state index in [-0.39, 0.29) is 5.69 Å². The average molecular weight is 288 g/mol. The van der Waals surface area contributed by atoms with E-state index in [1.54, 1.807) is 18.0 Å². The summed E-state index contributed by atoms with van der Waals surface area (Å²) in [6.07, 6.45) is 1.04. The van der Waals surface area contributed by atoms with Crippen molar-refractivity contribution >= 4 is 17.9 Å². The van der Waals surface area contributed by atoms with Gasteiger partial charge in [-0.3, -0.25) is 0 Å². The highest BCUT2D eigenvalue weighted by atomic mass is 32.2. The Morgan fingerprint density at radius 3 is 2.80 bits per heavy atom. The standard InChI is InChI=1S/C15H16N2O2S/c1-10-14(8-13(16-10)15(18)19)20-17-7-6-11-4-2-3-5-12(11)9-17/h2-5,8,16H,6-7,9H2,1H3,(H,18,19). The molecule has 1 aliphatic heterocycles. The van der Waals surface area contributed by atoms with E-state index in [1.807, 2.05) is 6.92 Å². The van der Waals surface area contributed by atoms with E-state index in [0.29, 0.717) is 0 Å².